The van der Waals surface area contributed by atoms with Crippen molar-refractivity contribution in [3.63, 3.8) is 0 Å². The molecule has 0 radical (unpaired) electrons. The molecule has 1 aromatic heterocycles. The van der Waals surface area contributed by atoms with Crippen molar-refractivity contribution in [2.45, 2.75) is 26.9 Å². The highest BCUT2D eigenvalue weighted by atomic mass is 35.5. The summed E-state index contributed by atoms with van der Waals surface area (Å²) in [5, 5.41) is 4.35. The normalized spacial score (nSPS) is 11.8. The maximum atomic E-state index is 13.4. The third-order valence-corrected chi connectivity index (χ3v) is 6.34. The van der Waals surface area contributed by atoms with E-state index in [-0.39, 0.29) is 11.3 Å². The van der Waals surface area contributed by atoms with Gasteiger partial charge in [-0.1, -0.05) is 65.7 Å². The molecule has 6 nitrogen and oxygen atoms in total. The molecule has 1 atom stereocenters. The van der Waals surface area contributed by atoms with Crippen molar-refractivity contribution in [1.29, 1.82) is 0 Å². The Bertz CT molecular complexity index is 1510. The number of amides is 1. The van der Waals surface area contributed by atoms with Crippen LogP contribution < -0.4 is 10.9 Å². The Hall–Kier alpha value is -3.90. The highest BCUT2D eigenvalue weighted by molar-refractivity contribution is 6.31. The molecule has 3 aromatic carbocycles. The van der Waals surface area contributed by atoms with Crippen LogP contribution in [0.5, 0.6) is 0 Å². The quantitative estimate of drug-likeness (QED) is 0.368. The van der Waals surface area contributed by atoms with E-state index < -0.39 is 18.0 Å². The van der Waals surface area contributed by atoms with Crippen molar-refractivity contribution in [3.05, 3.63) is 98.9 Å². The first kappa shape index (κ1) is 24.2. The Labute approximate surface area is 208 Å². The summed E-state index contributed by atoms with van der Waals surface area (Å²) >= 11 is 6.14. The van der Waals surface area contributed by atoms with Gasteiger partial charge in [-0.25, -0.2) is 4.79 Å². The zero-order valence-electron chi connectivity index (χ0n) is 19.9. The zero-order chi connectivity index (χ0) is 25.3. The fraction of sp³-hybridized carbons (Fsp3) is 0.179. The van der Waals surface area contributed by atoms with Gasteiger partial charge in [0.2, 0.25) is 0 Å². The zero-order valence-corrected chi connectivity index (χ0v) is 20.6. The first-order valence-corrected chi connectivity index (χ1v) is 11.5. The molecule has 1 heterocycles. The van der Waals surface area contributed by atoms with E-state index in [0.717, 1.165) is 16.7 Å². The molecule has 1 unspecified atom stereocenters. The minimum absolute atomic E-state index is 0.0792. The van der Waals surface area contributed by atoms with Gasteiger partial charge >= 0.3 is 5.97 Å². The number of anilines is 1. The van der Waals surface area contributed by atoms with Crippen molar-refractivity contribution < 1.29 is 14.3 Å². The van der Waals surface area contributed by atoms with Crippen LogP contribution in [0.4, 0.5) is 5.69 Å². The van der Waals surface area contributed by atoms with Gasteiger partial charge in [-0.05, 0) is 55.5 Å². The average molecular weight is 489 g/mol. The number of hydrogen-bond donors (Lipinski definition) is 1. The largest absolute Gasteiger partial charge is 0.448 e. The minimum Gasteiger partial charge on any atom is -0.448 e. The van der Waals surface area contributed by atoms with E-state index in [2.05, 4.69) is 5.32 Å². The van der Waals surface area contributed by atoms with Crippen molar-refractivity contribution >= 4 is 39.9 Å². The molecule has 0 aliphatic heterocycles. The lowest BCUT2D eigenvalue weighted by atomic mass is 9.96. The molecule has 35 heavy (non-hydrogen) atoms. The van der Waals surface area contributed by atoms with E-state index >= 15 is 0 Å². The topological polar surface area (TPSA) is 77.4 Å². The summed E-state index contributed by atoms with van der Waals surface area (Å²) in [4.78, 5) is 39.2. The Kier molecular flexibility index (Phi) is 6.76. The number of nitrogens with zero attached hydrogens (tertiary/aromatic N) is 1. The predicted octanol–water partition coefficient (Wildman–Crippen LogP) is 5.66. The number of nitrogens with one attached hydrogen (secondary N) is 1. The van der Waals surface area contributed by atoms with E-state index in [9.17, 15) is 14.4 Å². The van der Waals surface area contributed by atoms with Crippen LogP contribution in [0.1, 0.15) is 28.5 Å². The lowest BCUT2D eigenvalue weighted by Crippen LogP contribution is -2.32. The standard InChI is InChI=1S/C28H25ClN2O4/c1-16-9-12-19(13-10-16)24-21-7-5-6-8-22(21)27(33)31(4)25(24)28(34)35-18(3)26(32)30-20-14-11-17(2)23(29)15-20/h5-15,18H,1-4H3,(H,30,32). The Balaban J connectivity index is 1.72. The van der Waals surface area contributed by atoms with Crippen LogP contribution in [0.15, 0.2) is 71.5 Å². The number of carbonyl (C=O) groups excluding carboxylic acids is 2. The fourth-order valence-corrected chi connectivity index (χ4v) is 4.08. The smallest absolute Gasteiger partial charge is 0.356 e. The van der Waals surface area contributed by atoms with E-state index in [1.165, 1.54) is 18.5 Å². The highest BCUT2D eigenvalue weighted by Crippen LogP contribution is 2.31. The van der Waals surface area contributed by atoms with E-state index in [1.54, 1.807) is 36.4 Å². The van der Waals surface area contributed by atoms with Crippen LogP contribution in [-0.4, -0.2) is 22.5 Å². The van der Waals surface area contributed by atoms with E-state index in [4.69, 9.17) is 16.3 Å². The van der Waals surface area contributed by atoms with Crippen LogP contribution >= 0.6 is 11.6 Å². The second-order valence-electron chi connectivity index (χ2n) is 8.50. The summed E-state index contributed by atoms with van der Waals surface area (Å²) in [7, 11) is 1.53. The number of carbonyl (C=O) groups is 2. The van der Waals surface area contributed by atoms with Gasteiger partial charge in [0.1, 0.15) is 5.69 Å². The van der Waals surface area contributed by atoms with Gasteiger partial charge < -0.3 is 14.6 Å². The van der Waals surface area contributed by atoms with E-state index in [0.29, 0.717) is 27.0 Å². The van der Waals surface area contributed by atoms with Crippen LogP contribution in [0.3, 0.4) is 0 Å². The highest BCUT2D eigenvalue weighted by Gasteiger charge is 2.26. The number of hydrogen-bond acceptors (Lipinski definition) is 4. The summed E-state index contributed by atoms with van der Waals surface area (Å²) in [6, 6.07) is 19.9. The number of rotatable bonds is 5. The van der Waals surface area contributed by atoms with Gasteiger partial charge in [-0.15, -0.1) is 0 Å². The lowest BCUT2D eigenvalue weighted by Gasteiger charge is -2.19. The molecule has 0 saturated heterocycles. The molecule has 0 saturated carbocycles. The second kappa shape index (κ2) is 9.76. The molecule has 4 aromatic rings. The fourth-order valence-electron chi connectivity index (χ4n) is 3.90. The molecule has 7 heteroatoms. The van der Waals surface area contributed by atoms with Crippen LogP contribution in [-0.2, 0) is 16.6 Å². The summed E-state index contributed by atoms with van der Waals surface area (Å²) in [5.74, 6) is -1.28. The summed E-state index contributed by atoms with van der Waals surface area (Å²) in [6.45, 7) is 5.31. The van der Waals surface area contributed by atoms with Crippen molar-refractivity contribution in [2.24, 2.45) is 7.05 Å². The first-order valence-electron chi connectivity index (χ1n) is 11.1. The molecular formula is C28H25ClN2O4. The molecule has 0 fully saturated rings. The number of halogens is 1. The van der Waals surface area contributed by atoms with E-state index in [1.807, 2.05) is 44.2 Å². The summed E-state index contributed by atoms with van der Waals surface area (Å²) in [5.41, 5.74) is 3.53. The molecule has 0 bridgehead atoms. The predicted molar refractivity (Wildman–Crippen MR) is 139 cm³/mol. The number of fused-ring (bicyclic) bond motifs is 1. The molecule has 0 aliphatic carbocycles. The number of benzene rings is 3. The Morgan fingerprint density at radius 3 is 2.29 bits per heavy atom. The average Bonchev–Trinajstić information content (AvgIpc) is 2.84. The number of aryl methyl sites for hydroxylation is 2. The number of esters is 1. The molecule has 0 spiro atoms. The van der Waals surface area contributed by atoms with Gasteiger partial charge in [0.05, 0.1) is 0 Å². The van der Waals surface area contributed by atoms with Gasteiger partial charge in [0, 0.05) is 28.7 Å². The Morgan fingerprint density at radius 2 is 1.63 bits per heavy atom. The Morgan fingerprint density at radius 1 is 0.971 bits per heavy atom. The minimum atomic E-state index is -1.12. The van der Waals surface area contributed by atoms with Gasteiger partial charge in [0.25, 0.3) is 11.5 Å². The lowest BCUT2D eigenvalue weighted by molar-refractivity contribution is -0.123. The molecule has 0 aliphatic rings. The molecule has 1 amide bonds. The van der Waals surface area contributed by atoms with Crippen molar-refractivity contribution in [2.75, 3.05) is 5.32 Å². The molecule has 1 N–H and O–H groups in total. The van der Waals surface area contributed by atoms with Gasteiger partial charge in [-0.3, -0.25) is 9.59 Å². The number of aromatic nitrogens is 1. The molecular weight excluding hydrogens is 464 g/mol. The maximum absolute atomic E-state index is 13.4. The molecule has 4 rings (SSSR count). The third kappa shape index (κ3) is 4.84. The third-order valence-electron chi connectivity index (χ3n) is 5.93. The second-order valence-corrected chi connectivity index (χ2v) is 8.91. The van der Waals surface area contributed by atoms with Crippen molar-refractivity contribution in [1.82, 2.24) is 4.57 Å². The summed E-state index contributed by atoms with van der Waals surface area (Å²) in [6.07, 6.45) is -1.12. The van der Waals surface area contributed by atoms with Crippen LogP contribution in [0.2, 0.25) is 5.02 Å². The maximum Gasteiger partial charge on any atom is 0.356 e. The summed E-state index contributed by atoms with van der Waals surface area (Å²) < 4.78 is 6.83. The van der Waals surface area contributed by atoms with Gasteiger partial charge in [0.15, 0.2) is 6.10 Å². The first-order chi connectivity index (χ1) is 16.7. The van der Waals surface area contributed by atoms with Crippen LogP contribution in [0.25, 0.3) is 21.9 Å². The number of ether oxygens (including phenoxy) is 1. The SMILES string of the molecule is Cc1ccc(-c2c(C(=O)OC(C)C(=O)Nc3ccc(C)c(Cl)c3)n(C)c(=O)c3ccccc23)cc1. The monoisotopic (exact) mass is 488 g/mol. The van der Waals surface area contributed by atoms with Crippen LogP contribution in [0, 0.1) is 13.8 Å². The molecule has 178 valence electrons. The van der Waals surface area contributed by atoms with Gasteiger partial charge in [-0.2, -0.15) is 0 Å². The van der Waals surface area contributed by atoms with Crippen molar-refractivity contribution in [3.8, 4) is 11.1 Å². The number of pyridine rings is 1.